The SMILES string of the molecule is O=P1(c2cnc3cc(-c4ccc5nc6c7ccccc7c7ccc(P8(=O)c9ccccc9-c9ccccc98)cc7n6c5c4)ccc3c2)c2ccccc2-c2ccccc21. The van der Waals surface area contributed by atoms with Crippen molar-refractivity contribution in [3.63, 3.8) is 0 Å². The van der Waals surface area contributed by atoms with Gasteiger partial charge in [0, 0.05) is 54.2 Å². The van der Waals surface area contributed by atoms with E-state index in [1.165, 1.54) is 0 Å². The molecule has 0 spiro atoms. The van der Waals surface area contributed by atoms with E-state index in [4.69, 9.17) is 9.97 Å². The molecule has 13 rings (SSSR count). The molecule has 2 aliphatic rings. The monoisotopic (exact) mass is 791 g/mol. The number of imidazole rings is 1. The highest BCUT2D eigenvalue weighted by atomic mass is 31.2. The lowest BCUT2D eigenvalue weighted by atomic mass is 10.0. The molecule has 8 aromatic carbocycles. The van der Waals surface area contributed by atoms with Crippen molar-refractivity contribution in [2.75, 3.05) is 0 Å². The molecule has 276 valence electrons. The van der Waals surface area contributed by atoms with Crippen LogP contribution in [-0.2, 0) is 9.13 Å². The molecule has 5 nitrogen and oxygen atoms in total. The first-order chi connectivity index (χ1) is 29.0. The maximum absolute atomic E-state index is 15.6. The van der Waals surface area contributed by atoms with Gasteiger partial charge < -0.3 is 9.13 Å². The van der Waals surface area contributed by atoms with Crippen LogP contribution in [0.1, 0.15) is 0 Å². The summed E-state index contributed by atoms with van der Waals surface area (Å²) < 4.78 is 33.0. The minimum absolute atomic E-state index is 0.743. The van der Waals surface area contributed by atoms with Gasteiger partial charge in [-0.25, -0.2) is 4.98 Å². The van der Waals surface area contributed by atoms with E-state index < -0.39 is 14.3 Å². The van der Waals surface area contributed by atoms with Crippen molar-refractivity contribution >= 4 is 95.4 Å². The number of hydrogen-bond acceptors (Lipinski definition) is 4. The van der Waals surface area contributed by atoms with Crippen LogP contribution in [0.4, 0.5) is 0 Å². The molecule has 0 fully saturated rings. The van der Waals surface area contributed by atoms with Crippen LogP contribution in [0, 0.1) is 0 Å². The number of benzene rings is 8. The summed E-state index contributed by atoms with van der Waals surface area (Å²) in [6.45, 7) is 0. The van der Waals surface area contributed by atoms with Gasteiger partial charge in [-0.3, -0.25) is 9.38 Å². The lowest BCUT2D eigenvalue weighted by Gasteiger charge is -2.18. The fourth-order valence-corrected chi connectivity index (χ4v) is 16.0. The topological polar surface area (TPSA) is 64.3 Å². The van der Waals surface area contributed by atoms with Crippen molar-refractivity contribution in [2.24, 2.45) is 0 Å². The van der Waals surface area contributed by atoms with E-state index >= 15 is 9.13 Å². The van der Waals surface area contributed by atoms with Crippen molar-refractivity contribution in [1.29, 1.82) is 0 Å². The Morgan fingerprint density at radius 2 is 0.949 bits per heavy atom. The van der Waals surface area contributed by atoms with Crippen LogP contribution < -0.4 is 31.8 Å². The van der Waals surface area contributed by atoms with E-state index in [0.717, 1.165) is 114 Å². The number of pyridine rings is 2. The van der Waals surface area contributed by atoms with Crippen molar-refractivity contribution in [3.05, 3.63) is 188 Å². The van der Waals surface area contributed by atoms with Gasteiger partial charge in [-0.05, 0) is 69.1 Å². The minimum Gasteiger partial charge on any atom is -0.309 e. The second-order valence-electron chi connectivity index (χ2n) is 15.6. The first kappa shape index (κ1) is 33.1. The number of nitrogens with zero attached hydrogens (tertiary/aromatic N) is 3. The highest BCUT2D eigenvalue weighted by Gasteiger charge is 2.41. The Kier molecular flexibility index (Phi) is 6.64. The normalized spacial score (nSPS) is 14.5. The molecular weight excluding hydrogens is 761 g/mol. The molecule has 5 heterocycles. The predicted molar refractivity (Wildman–Crippen MR) is 245 cm³/mol. The summed E-state index contributed by atoms with van der Waals surface area (Å²) in [6.07, 6.45) is 1.81. The molecular formula is C52H31N3O2P2. The zero-order chi connectivity index (χ0) is 39.0. The van der Waals surface area contributed by atoms with Crippen LogP contribution in [0.25, 0.3) is 82.6 Å². The lowest BCUT2D eigenvalue weighted by molar-refractivity contribution is 0.592. The zero-order valence-electron chi connectivity index (χ0n) is 31.5. The summed E-state index contributed by atoms with van der Waals surface area (Å²) in [5.41, 5.74) is 10.7. The summed E-state index contributed by atoms with van der Waals surface area (Å²) in [4.78, 5) is 10.2. The van der Waals surface area contributed by atoms with Crippen LogP contribution in [0.5, 0.6) is 0 Å². The molecule has 0 aliphatic carbocycles. The van der Waals surface area contributed by atoms with E-state index in [1.54, 1.807) is 6.20 Å². The summed E-state index contributed by atoms with van der Waals surface area (Å²) in [6, 6.07) is 61.9. The molecule has 11 aromatic rings. The molecule has 0 N–H and O–H groups in total. The van der Waals surface area contributed by atoms with Crippen molar-refractivity contribution in [3.8, 4) is 33.4 Å². The second-order valence-corrected chi connectivity index (χ2v) is 21.0. The smallest absolute Gasteiger partial charge is 0.173 e. The molecule has 2 aliphatic heterocycles. The van der Waals surface area contributed by atoms with E-state index in [2.05, 4.69) is 114 Å². The minimum atomic E-state index is -3.17. The van der Waals surface area contributed by atoms with Crippen molar-refractivity contribution < 1.29 is 9.13 Å². The van der Waals surface area contributed by atoms with E-state index in [0.29, 0.717) is 0 Å². The van der Waals surface area contributed by atoms with Gasteiger partial charge in [-0.15, -0.1) is 0 Å². The summed E-state index contributed by atoms with van der Waals surface area (Å²) in [5, 5.41) is 9.25. The van der Waals surface area contributed by atoms with E-state index in [1.807, 2.05) is 72.8 Å². The van der Waals surface area contributed by atoms with Crippen LogP contribution in [0.3, 0.4) is 0 Å². The van der Waals surface area contributed by atoms with Crippen molar-refractivity contribution in [1.82, 2.24) is 14.4 Å². The lowest BCUT2D eigenvalue weighted by Crippen LogP contribution is -2.21. The van der Waals surface area contributed by atoms with Crippen LogP contribution in [0.2, 0.25) is 0 Å². The number of aromatic nitrogens is 3. The number of fused-ring (bicyclic) bond motifs is 15. The highest BCUT2D eigenvalue weighted by Crippen LogP contribution is 2.53. The fourth-order valence-electron chi connectivity index (χ4n) is 9.90. The first-order valence-corrected chi connectivity index (χ1v) is 23.2. The summed E-state index contributed by atoms with van der Waals surface area (Å²) >= 11 is 0. The Morgan fingerprint density at radius 3 is 1.59 bits per heavy atom. The van der Waals surface area contributed by atoms with Crippen LogP contribution in [-0.4, -0.2) is 14.4 Å². The maximum Gasteiger partial charge on any atom is 0.173 e. The summed E-state index contributed by atoms with van der Waals surface area (Å²) in [5.74, 6) is 0. The molecule has 0 amide bonds. The Balaban J connectivity index is 0.985. The quantitative estimate of drug-likeness (QED) is 0.132. The first-order valence-electron chi connectivity index (χ1n) is 19.8. The third-order valence-corrected chi connectivity index (χ3v) is 18.9. The Bertz CT molecular complexity index is 3680. The molecule has 3 aromatic heterocycles. The van der Waals surface area contributed by atoms with Gasteiger partial charge in [0.1, 0.15) is 5.65 Å². The molecule has 0 saturated carbocycles. The predicted octanol–water partition coefficient (Wildman–Crippen LogP) is 10.2. The van der Waals surface area contributed by atoms with Gasteiger partial charge >= 0.3 is 0 Å². The summed E-state index contributed by atoms with van der Waals surface area (Å²) in [7, 11) is -6.27. The number of hydrogen-bond donors (Lipinski definition) is 0. The van der Waals surface area contributed by atoms with E-state index in [9.17, 15) is 0 Å². The Labute approximate surface area is 339 Å². The standard InChI is InChI=1S/C52H31N3O2P2/c56-58(48-17-7-3-12-39(48)40-13-4-8-18-49(40)58)35-24-25-38-37-11-1-2-16-43(37)52-54-44-26-23-33(29-47(44)55(52)46(38)30-35)32-21-22-34-27-36(31-53-45(34)28-32)59(57)50-19-9-5-14-41(50)42-15-6-10-20-51(42)59/h1-31H. The Morgan fingerprint density at radius 1 is 0.407 bits per heavy atom. The largest absolute Gasteiger partial charge is 0.309 e. The zero-order valence-corrected chi connectivity index (χ0v) is 33.2. The van der Waals surface area contributed by atoms with Gasteiger partial charge in [0.25, 0.3) is 0 Å². The third-order valence-electron chi connectivity index (χ3n) is 12.6. The van der Waals surface area contributed by atoms with Gasteiger partial charge in [-0.2, -0.15) is 0 Å². The highest BCUT2D eigenvalue weighted by molar-refractivity contribution is 7.87. The van der Waals surface area contributed by atoms with Crippen molar-refractivity contribution in [2.45, 2.75) is 0 Å². The average molecular weight is 792 g/mol. The molecule has 0 radical (unpaired) electrons. The van der Waals surface area contributed by atoms with Crippen LogP contribution >= 0.6 is 14.3 Å². The van der Waals surface area contributed by atoms with Crippen LogP contribution in [0.15, 0.2) is 188 Å². The van der Waals surface area contributed by atoms with E-state index in [-0.39, 0.29) is 0 Å². The Hall–Kier alpha value is -6.90. The molecule has 0 atom stereocenters. The fraction of sp³-hybridized carbons (Fsp3) is 0. The molecule has 0 bridgehead atoms. The molecule has 0 unspecified atom stereocenters. The third kappa shape index (κ3) is 4.36. The average Bonchev–Trinajstić information content (AvgIpc) is 3.91. The second kappa shape index (κ2) is 11.8. The number of rotatable bonds is 3. The molecule has 7 heteroatoms. The maximum atomic E-state index is 15.6. The van der Waals surface area contributed by atoms with Gasteiger partial charge in [0.15, 0.2) is 14.3 Å². The molecule has 0 saturated heterocycles. The van der Waals surface area contributed by atoms with Gasteiger partial charge in [-0.1, -0.05) is 152 Å². The molecule has 59 heavy (non-hydrogen) atoms. The van der Waals surface area contributed by atoms with Gasteiger partial charge in [0.05, 0.1) is 22.1 Å². The van der Waals surface area contributed by atoms with Gasteiger partial charge in [0.2, 0.25) is 0 Å².